The lowest BCUT2D eigenvalue weighted by molar-refractivity contribution is 0.0702. The summed E-state index contributed by atoms with van der Waals surface area (Å²) in [6.07, 6.45) is 7.75. The van der Waals surface area contributed by atoms with Crippen molar-refractivity contribution in [3.8, 4) is 0 Å². The van der Waals surface area contributed by atoms with Gasteiger partial charge in [0.2, 0.25) is 0 Å². The van der Waals surface area contributed by atoms with Crippen LogP contribution >= 0.6 is 11.3 Å². The van der Waals surface area contributed by atoms with Crippen LogP contribution in [0.25, 0.3) is 0 Å². The quantitative estimate of drug-likeness (QED) is 0.897. The number of carboxylic acid groups (broad SMARTS) is 1. The second-order valence-corrected chi connectivity index (χ2v) is 5.40. The highest BCUT2D eigenvalue weighted by Gasteiger charge is 2.23. The summed E-state index contributed by atoms with van der Waals surface area (Å²) in [6.45, 7) is 3.01. The van der Waals surface area contributed by atoms with E-state index in [0.717, 1.165) is 11.7 Å². The number of rotatable bonds is 4. The van der Waals surface area contributed by atoms with Crippen LogP contribution in [-0.4, -0.2) is 28.6 Å². The molecule has 1 aromatic rings. The zero-order valence-electron chi connectivity index (χ0n) is 10.1. The molecule has 0 saturated heterocycles. The summed E-state index contributed by atoms with van der Waals surface area (Å²) in [5, 5.41) is 9.77. The van der Waals surface area contributed by atoms with Gasteiger partial charge in [0.1, 0.15) is 4.88 Å². The van der Waals surface area contributed by atoms with E-state index in [1.54, 1.807) is 0 Å². The SMILES string of the molecule is CCN(c1ncc(C(=O)O)s1)C1CCCCC1. The summed E-state index contributed by atoms with van der Waals surface area (Å²) >= 11 is 1.28. The van der Waals surface area contributed by atoms with Crippen LogP contribution in [-0.2, 0) is 0 Å². The number of nitrogens with zero attached hydrogens (tertiary/aromatic N) is 2. The molecule has 94 valence electrons. The molecular weight excluding hydrogens is 236 g/mol. The molecule has 0 amide bonds. The molecule has 1 heterocycles. The standard InChI is InChI=1S/C12H18N2O2S/c1-2-14(9-6-4-3-5-7-9)12-13-8-10(17-12)11(15)16/h8-9H,2-7H2,1H3,(H,15,16). The van der Waals surface area contributed by atoms with Crippen molar-refractivity contribution in [1.29, 1.82) is 0 Å². The number of carboxylic acids is 1. The lowest BCUT2D eigenvalue weighted by Gasteiger charge is -2.33. The summed E-state index contributed by atoms with van der Waals surface area (Å²) < 4.78 is 0. The molecule has 4 nitrogen and oxygen atoms in total. The van der Waals surface area contributed by atoms with E-state index >= 15 is 0 Å². The molecule has 17 heavy (non-hydrogen) atoms. The Kier molecular flexibility index (Phi) is 3.99. The van der Waals surface area contributed by atoms with Crippen LogP contribution in [0.4, 0.5) is 5.13 Å². The van der Waals surface area contributed by atoms with Gasteiger partial charge in [0.15, 0.2) is 5.13 Å². The minimum Gasteiger partial charge on any atom is -0.477 e. The molecule has 0 aromatic carbocycles. The number of aromatic carboxylic acids is 1. The van der Waals surface area contributed by atoms with Crippen molar-refractivity contribution < 1.29 is 9.90 Å². The van der Waals surface area contributed by atoms with E-state index in [1.807, 2.05) is 0 Å². The Morgan fingerprint density at radius 2 is 2.24 bits per heavy atom. The first-order chi connectivity index (χ1) is 8.22. The topological polar surface area (TPSA) is 53.4 Å². The van der Waals surface area contributed by atoms with Gasteiger partial charge in [-0.3, -0.25) is 0 Å². The van der Waals surface area contributed by atoms with Gasteiger partial charge >= 0.3 is 5.97 Å². The predicted octanol–water partition coefficient (Wildman–Crippen LogP) is 3.00. The molecule has 0 spiro atoms. The highest BCUT2D eigenvalue weighted by Crippen LogP contribution is 2.30. The Bertz CT molecular complexity index is 386. The Morgan fingerprint density at radius 3 is 2.76 bits per heavy atom. The first-order valence-corrected chi connectivity index (χ1v) is 6.99. The molecule has 1 fully saturated rings. The molecule has 0 bridgehead atoms. The Morgan fingerprint density at radius 1 is 1.53 bits per heavy atom. The molecule has 0 unspecified atom stereocenters. The van der Waals surface area contributed by atoms with E-state index in [2.05, 4.69) is 16.8 Å². The van der Waals surface area contributed by atoms with E-state index < -0.39 is 5.97 Å². The Hall–Kier alpha value is -1.10. The number of thiazole rings is 1. The van der Waals surface area contributed by atoms with Gasteiger partial charge in [-0.2, -0.15) is 0 Å². The van der Waals surface area contributed by atoms with Gasteiger partial charge < -0.3 is 10.0 Å². The van der Waals surface area contributed by atoms with E-state index in [9.17, 15) is 4.79 Å². The Balaban J connectivity index is 2.12. The van der Waals surface area contributed by atoms with Gasteiger partial charge in [-0.25, -0.2) is 9.78 Å². The molecule has 1 saturated carbocycles. The summed E-state index contributed by atoms with van der Waals surface area (Å²) in [4.78, 5) is 17.7. The van der Waals surface area contributed by atoms with E-state index in [1.165, 1.54) is 49.6 Å². The minimum atomic E-state index is -0.881. The number of anilines is 1. The largest absolute Gasteiger partial charge is 0.477 e. The third kappa shape index (κ3) is 2.77. The molecule has 1 aromatic heterocycles. The zero-order chi connectivity index (χ0) is 12.3. The number of hydrogen-bond donors (Lipinski definition) is 1. The van der Waals surface area contributed by atoms with Crippen LogP contribution in [0.2, 0.25) is 0 Å². The maximum absolute atomic E-state index is 10.9. The normalized spacial score (nSPS) is 17.0. The third-order valence-electron chi connectivity index (χ3n) is 3.31. The fourth-order valence-electron chi connectivity index (χ4n) is 2.44. The molecule has 1 aliphatic rings. The molecular formula is C12H18N2O2S. The summed E-state index contributed by atoms with van der Waals surface area (Å²) in [6, 6.07) is 0.543. The van der Waals surface area contributed by atoms with Crippen molar-refractivity contribution >= 4 is 22.4 Å². The van der Waals surface area contributed by atoms with Gasteiger partial charge in [0.05, 0.1) is 6.20 Å². The molecule has 2 rings (SSSR count). The first-order valence-electron chi connectivity index (χ1n) is 6.18. The van der Waals surface area contributed by atoms with Crippen molar-refractivity contribution in [1.82, 2.24) is 4.98 Å². The minimum absolute atomic E-state index is 0.328. The second kappa shape index (κ2) is 5.49. The van der Waals surface area contributed by atoms with Crippen molar-refractivity contribution in [3.63, 3.8) is 0 Å². The number of carbonyl (C=O) groups is 1. The fraction of sp³-hybridized carbons (Fsp3) is 0.667. The molecule has 1 aliphatic carbocycles. The molecule has 0 atom stereocenters. The van der Waals surface area contributed by atoms with Crippen LogP contribution < -0.4 is 4.90 Å². The average molecular weight is 254 g/mol. The van der Waals surface area contributed by atoms with Gasteiger partial charge in [0, 0.05) is 12.6 Å². The lowest BCUT2D eigenvalue weighted by atomic mass is 9.94. The summed E-state index contributed by atoms with van der Waals surface area (Å²) in [5.41, 5.74) is 0. The van der Waals surface area contributed by atoms with Crippen molar-refractivity contribution in [3.05, 3.63) is 11.1 Å². The van der Waals surface area contributed by atoms with Gasteiger partial charge in [0.25, 0.3) is 0 Å². The van der Waals surface area contributed by atoms with E-state index in [4.69, 9.17) is 5.11 Å². The van der Waals surface area contributed by atoms with Crippen LogP contribution in [0, 0.1) is 0 Å². The third-order valence-corrected chi connectivity index (χ3v) is 4.33. The highest BCUT2D eigenvalue weighted by molar-refractivity contribution is 7.17. The number of aromatic nitrogens is 1. The van der Waals surface area contributed by atoms with E-state index in [-0.39, 0.29) is 0 Å². The molecule has 0 aliphatic heterocycles. The van der Waals surface area contributed by atoms with Gasteiger partial charge in [-0.05, 0) is 19.8 Å². The number of hydrogen-bond acceptors (Lipinski definition) is 4. The van der Waals surface area contributed by atoms with Crippen molar-refractivity contribution in [2.75, 3.05) is 11.4 Å². The predicted molar refractivity (Wildman–Crippen MR) is 69.0 cm³/mol. The molecule has 0 radical (unpaired) electrons. The van der Waals surface area contributed by atoms with E-state index in [0.29, 0.717) is 10.9 Å². The van der Waals surface area contributed by atoms with Crippen molar-refractivity contribution in [2.24, 2.45) is 0 Å². The second-order valence-electron chi connectivity index (χ2n) is 4.39. The monoisotopic (exact) mass is 254 g/mol. The maximum Gasteiger partial charge on any atom is 0.347 e. The fourth-order valence-corrected chi connectivity index (χ4v) is 3.33. The lowest BCUT2D eigenvalue weighted by Crippen LogP contribution is -2.36. The Labute approximate surface area is 105 Å². The van der Waals surface area contributed by atoms with Crippen LogP contribution in [0.1, 0.15) is 48.7 Å². The molecule has 5 heteroatoms. The maximum atomic E-state index is 10.9. The first kappa shape index (κ1) is 12.4. The van der Waals surface area contributed by atoms with Gasteiger partial charge in [-0.15, -0.1) is 0 Å². The van der Waals surface area contributed by atoms with Crippen molar-refractivity contribution in [2.45, 2.75) is 45.1 Å². The van der Waals surface area contributed by atoms with Crippen LogP contribution in [0.5, 0.6) is 0 Å². The zero-order valence-corrected chi connectivity index (χ0v) is 10.9. The van der Waals surface area contributed by atoms with Crippen LogP contribution in [0.3, 0.4) is 0 Å². The van der Waals surface area contributed by atoms with Gasteiger partial charge in [-0.1, -0.05) is 30.6 Å². The summed E-state index contributed by atoms with van der Waals surface area (Å²) in [5.74, 6) is -0.881. The van der Waals surface area contributed by atoms with Crippen LogP contribution in [0.15, 0.2) is 6.20 Å². The molecule has 1 N–H and O–H groups in total. The smallest absolute Gasteiger partial charge is 0.347 e. The average Bonchev–Trinajstić information content (AvgIpc) is 2.81. The summed E-state index contributed by atoms with van der Waals surface area (Å²) in [7, 11) is 0. The highest BCUT2D eigenvalue weighted by atomic mass is 32.1.